The van der Waals surface area contributed by atoms with Crippen LogP contribution in [0.15, 0.2) is 48.2 Å². The van der Waals surface area contributed by atoms with E-state index >= 15 is 0 Å². The van der Waals surface area contributed by atoms with E-state index in [2.05, 4.69) is 34.9 Å². The summed E-state index contributed by atoms with van der Waals surface area (Å²) in [7, 11) is 0. The molecule has 0 saturated heterocycles. The van der Waals surface area contributed by atoms with Gasteiger partial charge in [-0.15, -0.1) is 0 Å². The van der Waals surface area contributed by atoms with Gasteiger partial charge < -0.3 is 10.6 Å². The summed E-state index contributed by atoms with van der Waals surface area (Å²) in [5, 5.41) is 15.6. The molecule has 2 N–H and O–H groups in total. The van der Waals surface area contributed by atoms with Crippen LogP contribution in [0, 0.1) is 17.2 Å². The van der Waals surface area contributed by atoms with Gasteiger partial charge in [-0.1, -0.05) is 18.2 Å². The fourth-order valence-corrected chi connectivity index (χ4v) is 3.52. The molecule has 0 bridgehead atoms. The van der Waals surface area contributed by atoms with Gasteiger partial charge in [-0.25, -0.2) is 0 Å². The molecule has 0 radical (unpaired) electrons. The molecule has 1 aromatic rings. The Labute approximate surface area is 149 Å². The van der Waals surface area contributed by atoms with Crippen LogP contribution in [0.2, 0.25) is 0 Å². The highest BCUT2D eigenvalue weighted by Gasteiger charge is 2.22. The van der Waals surface area contributed by atoms with Crippen LogP contribution >= 0.6 is 0 Å². The van der Waals surface area contributed by atoms with E-state index in [1.165, 1.54) is 5.70 Å². The Morgan fingerprint density at radius 2 is 2.04 bits per heavy atom. The maximum Gasteiger partial charge on any atom is 0.251 e. The average molecular weight is 335 g/mol. The molecule has 1 aromatic carbocycles. The number of benzene rings is 1. The highest BCUT2D eigenvalue weighted by Crippen LogP contribution is 2.24. The van der Waals surface area contributed by atoms with Crippen molar-refractivity contribution in [3.8, 4) is 6.07 Å². The number of rotatable bonds is 5. The zero-order valence-corrected chi connectivity index (χ0v) is 14.5. The molecule has 0 aromatic heterocycles. The summed E-state index contributed by atoms with van der Waals surface area (Å²) in [6.07, 6.45) is 13.2. The predicted octanol–water partition coefficient (Wildman–Crippen LogP) is 3.67. The van der Waals surface area contributed by atoms with Crippen molar-refractivity contribution in [2.75, 3.05) is 6.54 Å². The Hall–Kier alpha value is -2.54. The molecule has 1 saturated carbocycles. The lowest BCUT2D eigenvalue weighted by Gasteiger charge is -2.29. The largest absolute Gasteiger partial charge is 0.385 e. The summed E-state index contributed by atoms with van der Waals surface area (Å²) < 4.78 is 0. The predicted molar refractivity (Wildman–Crippen MR) is 98.8 cm³/mol. The molecule has 3 rings (SSSR count). The maximum absolute atomic E-state index is 12.3. The monoisotopic (exact) mass is 335 g/mol. The van der Waals surface area contributed by atoms with Gasteiger partial charge >= 0.3 is 0 Å². The van der Waals surface area contributed by atoms with E-state index in [1.54, 1.807) is 24.3 Å². The molecule has 25 heavy (non-hydrogen) atoms. The molecule has 1 fully saturated rings. The second-order valence-corrected chi connectivity index (χ2v) is 6.90. The smallest absolute Gasteiger partial charge is 0.251 e. The lowest BCUT2D eigenvalue weighted by Crippen LogP contribution is -2.39. The van der Waals surface area contributed by atoms with Crippen LogP contribution in [0.1, 0.15) is 54.4 Å². The summed E-state index contributed by atoms with van der Waals surface area (Å²) in [5.74, 6) is 0.600. The van der Waals surface area contributed by atoms with Crippen molar-refractivity contribution < 1.29 is 4.79 Å². The molecule has 2 aliphatic rings. The molecule has 130 valence electrons. The van der Waals surface area contributed by atoms with Crippen LogP contribution in [0.25, 0.3) is 0 Å². The normalized spacial score (nSPS) is 22.6. The topological polar surface area (TPSA) is 64.9 Å². The van der Waals surface area contributed by atoms with Crippen molar-refractivity contribution in [1.29, 1.82) is 5.26 Å². The van der Waals surface area contributed by atoms with Gasteiger partial charge in [-0.3, -0.25) is 4.79 Å². The highest BCUT2D eigenvalue weighted by atomic mass is 16.1. The van der Waals surface area contributed by atoms with Gasteiger partial charge in [0, 0.05) is 23.8 Å². The van der Waals surface area contributed by atoms with Crippen molar-refractivity contribution in [1.82, 2.24) is 10.6 Å². The minimum absolute atomic E-state index is 0.0730. The molecule has 0 unspecified atom stereocenters. The van der Waals surface area contributed by atoms with E-state index in [9.17, 15) is 4.79 Å². The Bertz CT molecular complexity index is 706. The number of nitrogens with zero attached hydrogens (tertiary/aromatic N) is 1. The number of carbonyl (C=O) groups is 1. The van der Waals surface area contributed by atoms with Crippen LogP contribution in [-0.2, 0) is 0 Å². The Morgan fingerprint density at radius 1 is 1.20 bits per heavy atom. The van der Waals surface area contributed by atoms with Gasteiger partial charge in [-0.05, 0) is 68.7 Å². The molecule has 1 amide bonds. The van der Waals surface area contributed by atoms with E-state index in [0.29, 0.717) is 17.0 Å². The number of allylic oxidation sites excluding steroid dienone is 3. The van der Waals surface area contributed by atoms with Gasteiger partial charge in [0.25, 0.3) is 5.91 Å². The van der Waals surface area contributed by atoms with Crippen molar-refractivity contribution in [3.05, 3.63) is 59.3 Å². The number of hydrogen-bond donors (Lipinski definition) is 2. The third-order valence-corrected chi connectivity index (χ3v) is 5.03. The van der Waals surface area contributed by atoms with Crippen LogP contribution in [-0.4, -0.2) is 18.5 Å². The van der Waals surface area contributed by atoms with Crippen LogP contribution < -0.4 is 10.6 Å². The number of carbonyl (C=O) groups excluding carboxylic acids is 1. The average Bonchev–Trinajstić information content (AvgIpc) is 2.68. The number of amides is 1. The number of nitrogens with one attached hydrogen (secondary N) is 2. The Balaban J connectivity index is 1.43. The Kier molecular flexibility index (Phi) is 5.90. The summed E-state index contributed by atoms with van der Waals surface area (Å²) >= 11 is 0. The second-order valence-electron chi connectivity index (χ2n) is 6.90. The third-order valence-electron chi connectivity index (χ3n) is 5.03. The SMILES string of the molecule is N#Cc1cccc(C(=O)NC2CCC(CNC3=CCCC=C3)CC2)c1. The second kappa shape index (κ2) is 8.53. The summed E-state index contributed by atoms with van der Waals surface area (Å²) in [4.78, 5) is 12.3. The first-order chi connectivity index (χ1) is 12.2. The van der Waals surface area contributed by atoms with E-state index in [0.717, 1.165) is 45.1 Å². The van der Waals surface area contributed by atoms with Crippen LogP contribution in [0.5, 0.6) is 0 Å². The van der Waals surface area contributed by atoms with Gasteiger partial charge in [0.15, 0.2) is 0 Å². The minimum Gasteiger partial charge on any atom is -0.385 e. The van der Waals surface area contributed by atoms with E-state index in [4.69, 9.17) is 5.26 Å². The first-order valence-corrected chi connectivity index (χ1v) is 9.16. The fourth-order valence-electron chi connectivity index (χ4n) is 3.52. The molecule has 4 heteroatoms. The van der Waals surface area contributed by atoms with E-state index in [1.807, 2.05) is 0 Å². The fraction of sp³-hybridized carbons (Fsp3) is 0.429. The quantitative estimate of drug-likeness (QED) is 0.863. The molecular formula is C21H25N3O. The minimum atomic E-state index is -0.0730. The van der Waals surface area contributed by atoms with E-state index in [-0.39, 0.29) is 11.9 Å². The van der Waals surface area contributed by atoms with Crippen molar-refractivity contribution in [2.45, 2.75) is 44.6 Å². The van der Waals surface area contributed by atoms with Gasteiger partial charge in [0.2, 0.25) is 0 Å². The van der Waals surface area contributed by atoms with Gasteiger partial charge in [0.05, 0.1) is 11.6 Å². The van der Waals surface area contributed by atoms with Crippen molar-refractivity contribution in [3.63, 3.8) is 0 Å². The molecule has 0 spiro atoms. The molecule has 0 heterocycles. The Morgan fingerprint density at radius 3 is 2.76 bits per heavy atom. The van der Waals surface area contributed by atoms with Crippen LogP contribution in [0.3, 0.4) is 0 Å². The highest BCUT2D eigenvalue weighted by molar-refractivity contribution is 5.94. The zero-order valence-electron chi connectivity index (χ0n) is 14.5. The van der Waals surface area contributed by atoms with Gasteiger partial charge in [-0.2, -0.15) is 5.26 Å². The van der Waals surface area contributed by atoms with Crippen LogP contribution in [0.4, 0.5) is 0 Å². The van der Waals surface area contributed by atoms with Gasteiger partial charge in [0.1, 0.15) is 0 Å². The lowest BCUT2D eigenvalue weighted by atomic mass is 9.85. The summed E-state index contributed by atoms with van der Waals surface area (Å²) in [5.41, 5.74) is 2.34. The maximum atomic E-state index is 12.3. The molecule has 4 nitrogen and oxygen atoms in total. The summed E-state index contributed by atoms with van der Waals surface area (Å²) in [6.45, 7) is 1.01. The molecule has 2 aliphatic carbocycles. The standard InChI is InChI=1S/C21H25N3O/c22-14-17-5-4-6-18(13-17)21(25)24-20-11-9-16(10-12-20)15-23-19-7-2-1-3-8-19/h2,4-8,13,16,20,23H,1,3,9-12,15H2,(H,24,25). The van der Waals surface area contributed by atoms with Crippen molar-refractivity contribution >= 4 is 5.91 Å². The number of hydrogen-bond acceptors (Lipinski definition) is 3. The molecular weight excluding hydrogens is 310 g/mol. The lowest BCUT2D eigenvalue weighted by molar-refractivity contribution is 0.0922. The third kappa shape index (κ3) is 4.96. The zero-order chi connectivity index (χ0) is 17.5. The molecule has 0 aliphatic heterocycles. The number of nitriles is 1. The van der Waals surface area contributed by atoms with Crippen molar-refractivity contribution in [2.24, 2.45) is 5.92 Å². The molecule has 0 atom stereocenters. The first-order valence-electron chi connectivity index (χ1n) is 9.16. The summed E-state index contributed by atoms with van der Waals surface area (Å²) in [6, 6.07) is 9.19. The first kappa shape index (κ1) is 17.3. The van der Waals surface area contributed by atoms with E-state index < -0.39 is 0 Å².